The van der Waals surface area contributed by atoms with E-state index in [2.05, 4.69) is 26.1 Å². The number of hydrogen-bond acceptors (Lipinski definition) is 3. The molecule has 1 rings (SSSR count). The molecule has 0 bridgehead atoms. The van der Waals surface area contributed by atoms with Gasteiger partial charge in [0, 0.05) is 6.04 Å². The molecule has 0 radical (unpaired) electrons. The van der Waals surface area contributed by atoms with Crippen molar-refractivity contribution in [2.45, 2.75) is 33.2 Å². The Morgan fingerprint density at radius 1 is 1.40 bits per heavy atom. The van der Waals surface area contributed by atoms with Crippen LogP contribution in [0.5, 0.6) is 0 Å². The second kappa shape index (κ2) is 7.24. The van der Waals surface area contributed by atoms with Crippen molar-refractivity contribution in [2.75, 3.05) is 24.6 Å². The molecule has 1 amide bonds. The fraction of sp³-hybridized carbons (Fsp3) is 0.533. The van der Waals surface area contributed by atoms with Crippen LogP contribution >= 0.6 is 0 Å². The molecule has 112 valence electrons. The zero-order valence-electron chi connectivity index (χ0n) is 12.6. The van der Waals surface area contributed by atoms with Crippen molar-refractivity contribution in [3.8, 4) is 0 Å². The number of benzene rings is 1. The number of nitrogens with two attached hydrogens (primary N) is 1. The van der Waals surface area contributed by atoms with Crippen molar-refractivity contribution < 1.29 is 9.18 Å². The maximum atomic E-state index is 13.1. The summed E-state index contributed by atoms with van der Waals surface area (Å²) in [4.78, 5) is 13.9. The molecule has 1 aromatic carbocycles. The highest BCUT2D eigenvalue weighted by Crippen LogP contribution is 2.19. The summed E-state index contributed by atoms with van der Waals surface area (Å²) in [6, 6.07) is 4.24. The standard InChI is InChI=1S/C15H24FN3O/c1-10(2)7-11(3)19(4)9-15(20)18-14-8-12(16)5-6-13(14)17/h5-6,8,10-11H,7,9,17H2,1-4H3,(H,18,20). The first-order chi connectivity index (χ1) is 9.29. The molecule has 4 nitrogen and oxygen atoms in total. The molecule has 1 unspecified atom stereocenters. The molecule has 0 aliphatic rings. The Labute approximate surface area is 120 Å². The summed E-state index contributed by atoms with van der Waals surface area (Å²) in [6.07, 6.45) is 1.02. The van der Waals surface area contributed by atoms with Gasteiger partial charge in [-0.2, -0.15) is 0 Å². The first-order valence-corrected chi connectivity index (χ1v) is 6.84. The summed E-state index contributed by atoms with van der Waals surface area (Å²) in [5.41, 5.74) is 6.38. The maximum absolute atomic E-state index is 13.1. The second-order valence-corrected chi connectivity index (χ2v) is 5.67. The van der Waals surface area contributed by atoms with Gasteiger partial charge in [-0.3, -0.25) is 9.69 Å². The third kappa shape index (κ3) is 5.17. The number of likely N-dealkylation sites (N-methyl/N-ethyl adjacent to an activating group) is 1. The van der Waals surface area contributed by atoms with Gasteiger partial charge in [0.25, 0.3) is 0 Å². The predicted octanol–water partition coefficient (Wildman–Crippen LogP) is 2.71. The lowest BCUT2D eigenvalue weighted by molar-refractivity contribution is -0.117. The third-order valence-electron chi connectivity index (χ3n) is 3.25. The lowest BCUT2D eigenvalue weighted by atomic mass is 10.0. The molecule has 1 atom stereocenters. The Morgan fingerprint density at radius 2 is 2.05 bits per heavy atom. The lowest BCUT2D eigenvalue weighted by Gasteiger charge is -2.25. The van der Waals surface area contributed by atoms with E-state index in [4.69, 9.17) is 5.73 Å². The topological polar surface area (TPSA) is 58.4 Å². The summed E-state index contributed by atoms with van der Waals surface area (Å²) in [6.45, 7) is 6.64. The molecule has 0 spiro atoms. The van der Waals surface area contributed by atoms with Crippen molar-refractivity contribution >= 4 is 17.3 Å². The molecular formula is C15H24FN3O. The Balaban J connectivity index is 2.57. The number of carbonyl (C=O) groups is 1. The monoisotopic (exact) mass is 281 g/mol. The SMILES string of the molecule is CC(C)CC(C)N(C)CC(=O)Nc1cc(F)ccc1N. The number of amides is 1. The molecule has 0 saturated carbocycles. The average molecular weight is 281 g/mol. The number of nitrogens with zero attached hydrogens (tertiary/aromatic N) is 1. The van der Waals surface area contributed by atoms with Gasteiger partial charge in [0.05, 0.1) is 17.9 Å². The Kier molecular flexibility index (Phi) is 5.95. The lowest BCUT2D eigenvalue weighted by Crippen LogP contribution is -2.37. The van der Waals surface area contributed by atoms with E-state index >= 15 is 0 Å². The molecule has 0 aromatic heterocycles. The van der Waals surface area contributed by atoms with Crippen molar-refractivity contribution in [1.82, 2.24) is 4.90 Å². The van der Waals surface area contributed by atoms with E-state index in [9.17, 15) is 9.18 Å². The predicted molar refractivity (Wildman–Crippen MR) is 81.0 cm³/mol. The summed E-state index contributed by atoms with van der Waals surface area (Å²) < 4.78 is 13.1. The van der Waals surface area contributed by atoms with Gasteiger partial charge in [0.2, 0.25) is 5.91 Å². The Hall–Kier alpha value is -1.62. The Morgan fingerprint density at radius 3 is 2.65 bits per heavy atom. The molecule has 0 fully saturated rings. The number of halogens is 1. The number of carbonyl (C=O) groups excluding carboxylic acids is 1. The van der Waals surface area contributed by atoms with Crippen LogP contribution in [0.25, 0.3) is 0 Å². The second-order valence-electron chi connectivity index (χ2n) is 5.67. The molecule has 0 aliphatic heterocycles. The van der Waals surface area contributed by atoms with Crippen LogP contribution in [-0.4, -0.2) is 30.4 Å². The van der Waals surface area contributed by atoms with E-state index in [-0.39, 0.29) is 12.5 Å². The van der Waals surface area contributed by atoms with Crippen LogP contribution in [0, 0.1) is 11.7 Å². The molecule has 0 saturated heterocycles. The highest BCUT2D eigenvalue weighted by molar-refractivity contribution is 5.95. The van der Waals surface area contributed by atoms with E-state index in [1.165, 1.54) is 18.2 Å². The van der Waals surface area contributed by atoms with Gasteiger partial charge in [-0.05, 0) is 44.5 Å². The molecule has 3 N–H and O–H groups in total. The zero-order valence-corrected chi connectivity index (χ0v) is 12.6. The largest absolute Gasteiger partial charge is 0.397 e. The number of rotatable bonds is 6. The highest BCUT2D eigenvalue weighted by atomic mass is 19.1. The fourth-order valence-corrected chi connectivity index (χ4v) is 2.07. The highest BCUT2D eigenvalue weighted by Gasteiger charge is 2.15. The molecule has 20 heavy (non-hydrogen) atoms. The smallest absolute Gasteiger partial charge is 0.238 e. The van der Waals surface area contributed by atoms with E-state index in [0.717, 1.165) is 6.42 Å². The van der Waals surface area contributed by atoms with Gasteiger partial charge in [0.1, 0.15) is 5.82 Å². The summed E-state index contributed by atoms with van der Waals surface area (Å²) in [5.74, 6) is -0.0363. The van der Waals surface area contributed by atoms with E-state index in [0.29, 0.717) is 23.3 Å². The van der Waals surface area contributed by atoms with Gasteiger partial charge in [-0.25, -0.2) is 4.39 Å². The Bertz CT molecular complexity index is 462. The van der Waals surface area contributed by atoms with Crippen LogP contribution in [0.3, 0.4) is 0 Å². The minimum absolute atomic E-state index is 0.194. The van der Waals surface area contributed by atoms with Gasteiger partial charge in [0.15, 0.2) is 0 Å². The van der Waals surface area contributed by atoms with E-state index < -0.39 is 5.82 Å². The first-order valence-electron chi connectivity index (χ1n) is 6.84. The van der Waals surface area contributed by atoms with Crippen LogP contribution < -0.4 is 11.1 Å². The molecule has 0 heterocycles. The van der Waals surface area contributed by atoms with E-state index in [1.807, 2.05) is 11.9 Å². The third-order valence-corrected chi connectivity index (χ3v) is 3.25. The quantitative estimate of drug-likeness (QED) is 0.788. The van der Waals surface area contributed by atoms with Gasteiger partial charge in [-0.15, -0.1) is 0 Å². The van der Waals surface area contributed by atoms with Crippen molar-refractivity contribution in [3.63, 3.8) is 0 Å². The van der Waals surface area contributed by atoms with Gasteiger partial charge in [-0.1, -0.05) is 13.8 Å². The summed E-state index contributed by atoms with van der Waals surface area (Å²) in [5, 5.41) is 2.64. The van der Waals surface area contributed by atoms with Crippen LogP contribution in [0.1, 0.15) is 27.2 Å². The molecule has 0 aliphatic carbocycles. The molecule has 1 aromatic rings. The van der Waals surface area contributed by atoms with Crippen LogP contribution in [0.2, 0.25) is 0 Å². The number of nitrogens with one attached hydrogen (secondary N) is 1. The number of nitrogen functional groups attached to an aromatic ring is 1. The minimum atomic E-state index is -0.420. The summed E-state index contributed by atoms with van der Waals surface area (Å²) in [7, 11) is 1.90. The van der Waals surface area contributed by atoms with Crippen LogP contribution in [-0.2, 0) is 4.79 Å². The fourth-order valence-electron chi connectivity index (χ4n) is 2.07. The molecule has 5 heteroatoms. The number of anilines is 2. The minimum Gasteiger partial charge on any atom is -0.397 e. The van der Waals surface area contributed by atoms with E-state index in [1.54, 1.807) is 0 Å². The first kappa shape index (κ1) is 16.4. The van der Waals surface area contributed by atoms with Crippen molar-refractivity contribution in [1.29, 1.82) is 0 Å². The molecular weight excluding hydrogens is 257 g/mol. The normalized spacial score (nSPS) is 12.8. The van der Waals surface area contributed by atoms with Gasteiger partial charge < -0.3 is 11.1 Å². The number of hydrogen-bond donors (Lipinski definition) is 2. The van der Waals surface area contributed by atoms with Crippen molar-refractivity contribution in [3.05, 3.63) is 24.0 Å². The van der Waals surface area contributed by atoms with Gasteiger partial charge >= 0.3 is 0 Å². The van der Waals surface area contributed by atoms with Crippen LogP contribution in [0.15, 0.2) is 18.2 Å². The van der Waals surface area contributed by atoms with Crippen molar-refractivity contribution in [2.24, 2.45) is 5.92 Å². The maximum Gasteiger partial charge on any atom is 0.238 e. The summed E-state index contributed by atoms with van der Waals surface area (Å²) >= 11 is 0. The average Bonchev–Trinajstić information content (AvgIpc) is 2.32. The van der Waals surface area contributed by atoms with Crippen LogP contribution in [0.4, 0.5) is 15.8 Å². The zero-order chi connectivity index (χ0) is 15.3.